The van der Waals surface area contributed by atoms with Gasteiger partial charge in [-0.15, -0.1) is 0 Å². The lowest BCUT2D eigenvalue weighted by Crippen LogP contribution is -2.48. The Morgan fingerprint density at radius 1 is 1.20 bits per heavy atom. The number of nitrogens with zero attached hydrogens (tertiary/aromatic N) is 2. The Morgan fingerprint density at radius 3 is 2.35 bits per heavy atom. The first-order valence-corrected chi connectivity index (χ1v) is 6.76. The number of aromatic nitrogens is 1. The summed E-state index contributed by atoms with van der Waals surface area (Å²) in [6, 6.07) is 3.03. The summed E-state index contributed by atoms with van der Waals surface area (Å²) in [7, 11) is 0. The molecule has 0 aromatic carbocycles. The van der Waals surface area contributed by atoms with Crippen LogP contribution in [0, 0.1) is 0 Å². The van der Waals surface area contributed by atoms with Crippen LogP contribution in [-0.2, 0) is 0 Å². The van der Waals surface area contributed by atoms with E-state index < -0.39 is 5.97 Å². The Kier molecular flexibility index (Phi) is 3.17. The molecule has 1 aromatic heterocycles. The molecule has 3 rings (SSSR count). The number of aromatic carboxylic acids is 1. The molecule has 0 saturated carbocycles. The number of hydrogen-bond acceptors (Lipinski definition) is 4. The number of piperidine rings is 1. The summed E-state index contributed by atoms with van der Waals surface area (Å²) in [6.45, 7) is 0. The molecule has 2 atom stereocenters. The number of hydrogen-bond donors (Lipinski definition) is 2. The van der Waals surface area contributed by atoms with Crippen molar-refractivity contribution in [3.63, 3.8) is 0 Å². The number of carboxylic acid groups (broad SMARTS) is 1. The molecule has 0 radical (unpaired) electrons. The number of fused-ring (bicyclic) bond motifs is 2. The van der Waals surface area contributed by atoms with E-state index in [1.54, 1.807) is 0 Å². The summed E-state index contributed by atoms with van der Waals surface area (Å²) < 4.78 is 0. The predicted octanol–water partition coefficient (Wildman–Crippen LogP) is 0.908. The molecule has 20 heavy (non-hydrogen) atoms. The van der Waals surface area contributed by atoms with Crippen molar-refractivity contribution >= 4 is 11.9 Å². The normalized spacial score (nSPS) is 28.4. The summed E-state index contributed by atoms with van der Waals surface area (Å²) >= 11 is 0. The summed E-state index contributed by atoms with van der Waals surface area (Å²) in [4.78, 5) is 28.9. The molecule has 2 fully saturated rings. The highest BCUT2D eigenvalue weighted by Gasteiger charge is 2.42. The fraction of sp³-hybridized carbons (Fsp3) is 0.500. The van der Waals surface area contributed by atoms with Crippen molar-refractivity contribution in [2.75, 3.05) is 0 Å². The van der Waals surface area contributed by atoms with E-state index in [1.807, 2.05) is 4.90 Å². The molecule has 3 heterocycles. The third-order valence-electron chi connectivity index (χ3n) is 4.17. The number of aliphatic hydroxyl groups is 1. The second-order valence-electron chi connectivity index (χ2n) is 5.46. The smallest absolute Gasteiger partial charge is 0.354 e. The largest absolute Gasteiger partial charge is 0.477 e. The van der Waals surface area contributed by atoms with Crippen LogP contribution in [-0.4, -0.2) is 50.2 Å². The maximum atomic E-state index is 12.5. The monoisotopic (exact) mass is 276 g/mol. The Morgan fingerprint density at radius 2 is 1.85 bits per heavy atom. The SMILES string of the molecule is O=C(O)c1ccc(C(=O)N2C3CCC2CC(O)C3)cn1. The molecule has 1 amide bonds. The molecule has 2 aliphatic heterocycles. The maximum Gasteiger partial charge on any atom is 0.354 e. The lowest BCUT2D eigenvalue weighted by molar-refractivity contribution is 0.0286. The molecule has 2 aliphatic rings. The third kappa shape index (κ3) is 2.16. The van der Waals surface area contributed by atoms with Crippen molar-refractivity contribution in [3.8, 4) is 0 Å². The summed E-state index contributed by atoms with van der Waals surface area (Å²) in [5.74, 6) is -1.22. The Bertz CT molecular complexity index is 529. The molecular weight excluding hydrogens is 260 g/mol. The minimum Gasteiger partial charge on any atom is -0.477 e. The van der Waals surface area contributed by atoms with Crippen LogP contribution in [0.1, 0.15) is 46.5 Å². The van der Waals surface area contributed by atoms with Gasteiger partial charge in [0, 0.05) is 18.3 Å². The number of carboxylic acids is 1. The first-order valence-electron chi connectivity index (χ1n) is 6.76. The first-order chi connectivity index (χ1) is 9.56. The van der Waals surface area contributed by atoms with E-state index in [-0.39, 0.29) is 29.8 Å². The number of pyridine rings is 1. The minimum atomic E-state index is -1.11. The molecule has 2 saturated heterocycles. The van der Waals surface area contributed by atoms with Crippen molar-refractivity contribution in [1.82, 2.24) is 9.88 Å². The molecule has 0 spiro atoms. The molecule has 106 valence electrons. The number of carbonyl (C=O) groups excluding carboxylic acids is 1. The van der Waals surface area contributed by atoms with E-state index >= 15 is 0 Å². The molecule has 2 unspecified atom stereocenters. The maximum absolute atomic E-state index is 12.5. The zero-order chi connectivity index (χ0) is 14.3. The third-order valence-corrected chi connectivity index (χ3v) is 4.17. The number of carbonyl (C=O) groups is 2. The summed E-state index contributed by atoms with van der Waals surface area (Å²) in [5.41, 5.74) is 0.335. The average molecular weight is 276 g/mol. The molecule has 2 bridgehead atoms. The quantitative estimate of drug-likeness (QED) is 0.837. The molecule has 6 nitrogen and oxygen atoms in total. The highest BCUT2D eigenvalue weighted by molar-refractivity contribution is 5.95. The van der Waals surface area contributed by atoms with Crippen molar-refractivity contribution in [1.29, 1.82) is 0 Å². The van der Waals surface area contributed by atoms with Crippen LogP contribution in [0.15, 0.2) is 18.3 Å². The van der Waals surface area contributed by atoms with E-state index in [2.05, 4.69) is 4.98 Å². The van der Waals surface area contributed by atoms with Gasteiger partial charge in [-0.3, -0.25) is 4.79 Å². The van der Waals surface area contributed by atoms with Gasteiger partial charge < -0.3 is 15.1 Å². The Balaban J connectivity index is 1.81. The lowest BCUT2D eigenvalue weighted by atomic mass is 9.99. The van der Waals surface area contributed by atoms with E-state index in [9.17, 15) is 14.7 Å². The Hall–Kier alpha value is -1.95. The van der Waals surface area contributed by atoms with Gasteiger partial charge in [0.2, 0.25) is 0 Å². The van der Waals surface area contributed by atoms with Gasteiger partial charge in [-0.05, 0) is 37.8 Å². The van der Waals surface area contributed by atoms with Gasteiger partial charge >= 0.3 is 5.97 Å². The topological polar surface area (TPSA) is 90.7 Å². The molecular formula is C14H16N2O4. The molecule has 6 heteroatoms. The van der Waals surface area contributed by atoms with Gasteiger partial charge in [-0.1, -0.05) is 0 Å². The van der Waals surface area contributed by atoms with Gasteiger partial charge in [-0.2, -0.15) is 0 Å². The van der Waals surface area contributed by atoms with Gasteiger partial charge in [0.25, 0.3) is 5.91 Å². The van der Waals surface area contributed by atoms with Crippen LogP contribution in [0.2, 0.25) is 0 Å². The highest BCUT2D eigenvalue weighted by atomic mass is 16.4. The van der Waals surface area contributed by atoms with Gasteiger partial charge in [0.1, 0.15) is 5.69 Å². The van der Waals surface area contributed by atoms with Crippen molar-refractivity contribution in [2.24, 2.45) is 0 Å². The predicted molar refractivity (Wildman–Crippen MR) is 69.4 cm³/mol. The standard InChI is InChI=1S/C14H16N2O4/c17-11-5-9-2-3-10(6-11)16(9)13(18)8-1-4-12(14(19)20)15-7-8/h1,4,7,9-11,17H,2-3,5-6H2,(H,19,20). The highest BCUT2D eigenvalue weighted by Crippen LogP contribution is 2.36. The number of aliphatic hydroxyl groups excluding tert-OH is 1. The second kappa shape index (κ2) is 4.86. The van der Waals surface area contributed by atoms with Crippen molar-refractivity contribution in [3.05, 3.63) is 29.6 Å². The van der Waals surface area contributed by atoms with Crippen molar-refractivity contribution < 1.29 is 19.8 Å². The first kappa shape index (κ1) is 13.1. The molecule has 0 aliphatic carbocycles. The average Bonchev–Trinajstić information content (AvgIpc) is 2.70. The van der Waals surface area contributed by atoms with E-state index in [4.69, 9.17) is 5.11 Å². The minimum absolute atomic E-state index is 0.0708. The van der Waals surface area contributed by atoms with Crippen molar-refractivity contribution in [2.45, 2.75) is 43.9 Å². The van der Waals surface area contributed by atoms with Crippen LogP contribution in [0.3, 0.4) is 0 Å². The molecule has 2 N–H and O–H groups in total. The fourth-order valence-corrected chi connectivity index (χ4v) is 3.28. The van der Waals surface area contributed by atoms with Crippen LogP contribution >= 0.6 is 0 Å². The van der Waals surface area contributed by atoms with Crippen LogP contribution in [0.5, 0.6) is 0 Å². The Labute approximate surface area is 116 Å². The summed E-state index contributed by atoms with van der Waals surface area (Å²) in [5, 5.41) is 18.5. The second-order valence-corrected chi connectivity index (χ2v) is 5.46. The number of amides is 1. The van der Waals surface area contributed by atoms with Crippen LogP contribution in [0.4, 0.5) is 0 Å². The van der Waals surface area contributed by atoms with Crippen LogP contribution < -0.4 is 0 Å². The van der Waals surface area contributed by atoms with Gasteiger partial charge in [0.05, 0.1) is 11.7 Å². The molecule has 1 aromatic rings. The fourth-order valence-electron chi connectivity index (χ4n) is 3.28. The van der Waals surface area contributed by atoms with E-state index in [0.29, 0.717) is 18.4 Å². The van der Waals surface area contributed by atoms with Crippen LogP contribution in [0.25, 0.3) is 0 Å². The van der Waals surface area contributed by atoms with Gasteiger partial charge in [-0.25, -0.2) is 9.78 Å². The summed E-state index contributed by atoms with van der Waals surface area (Å²) in [6.07, 6.45) is 4.11. The zero-order valence-corrected chi connectivity index (χ0v) is 10.9. The van der Waals surface area contributed by atoms with E-state index in [0.717, 1.165) is 12.8 Å². The zero-order valence-electron chi connectivity index (χ0n) is 10.9. The number of rotatable bonds is 2. The van der Waals surface area contributed by atoms with Gasteiger partial charge in [0.15, 0.2) is 0 Å². The van der Waals surface area contributed by atoms with E-state index in [1.165, 1.54) is 18.3 Å². The lowest BCUT2D eigenvalue weighted by Gasteiger charge is -2.37.